The fraction of sp³-hybridized carbons (Fsp3) is 0.429. The molecular formula is C21H24FN5O. The number of methoxy groups -OCH3 is 1. The van der Waals surface area contributed by atoms with Crippen molar-refractivity contribution in [3.63, 3.8) is 0 Å². The van der Waals surface area contributed by atoms with Crippen LogP contribution in [0.4, 0.5) is 10.2 Å². The predicted octanol–water partition coefficient (Wildman–Crippen LogP) is 3.18. The number of aromatic nitrogens is 3. The summed E-state index contributed by atoms with van der Waals surface area (Å²) in [6, 6.07) is 7.50. The largest absolute Gasteiger partial charge is 0.496 e. The van der Waals surface area contributed by atoms with Gasteiger partial charge in [-0.3, -0.25) is 4.40 Å². The number of halogens is 1. The molecule has 6 nitrogen and oxygen atoms in total. The Balaban J connectivity index is 1.53. The number of anilines is 1. The first kappa shape index (κ1) is 17.4. The van der Waals surface area contributed by atoms with Crippen LogP contribution in [0.3, 0.4) is 0 Å². The van der Waals surface area contributed by atoms with Gasteiger partial charge in [0.2, 0.25) is 0 Å². The maximum Gasteiger partial charge on any atom is 0.140 e. The van der Waals surface area contributed by atoms with Gasteiger partial charge in [-0.05, 0) is 30.4 Å². The van der Waals surface area contributed by atoms with E-state index in [-0.39, 0.29) is 11.5 Å². The Labute approximate surface area is 163 Å². The Kier molecular flexibility index (Phi) is 4.01. The summed E-state index contributed by atoms with van der Waals surface area (Å²) in [5.41, 5.74) is 3.91. The molecule has 146 valence electrons. The van der Waals surface area contributed by atoms with E-state index in [1.165, 1.54) is 5.56 Å². The molecule has 1 aliphatic heterocycles. The smallest absolute Gasteiger partial charge is 0.140 e. The maximum absolute atomic E-state index is 13.9. The van der Waals surface area contributed by atoms with Gasteiger partial charge in [-0.15, -0.1) is 0 Å². The van der Waals surface area contributed by atoms with Crippen LogP contribution in [0.2, 0.25) is 0 Å². The Hall–Kier alpha value is -2.67. The van der Waals surface area contributed by atoms with Gasteiger partial charge in [-0.25, -0.2) is 14.4 Å². The fourth-order valence-electron chi connectivity index (χ4n) is 3.91. The number of pyridine rings is 2. The summed E-state index contributed by atoms with van der Waals surface area (Å²) in [4.78, 5) is 9.26. The summed E-state index contributed by atoms with van der Waals surface area (Å²) in [5.74, 6) is 1.56. The molecule has 0 bridgehead atoms. The molecule has 0 unspecified atom stereocenters. The second-order valence-electron chi connectivity index (χ2n) is 8.02. The summed E-state index contributed by atoms with van der Waals surface area (Å²) in [7, 11) is 1.71. The summed E-state index contributed by atoms with van der Waals surface area (Å²) < 4.78 is 21.6. The molecule has 3 aromatic heterocycles. The standard InChI is InChI=1S/C21H24FN5O/c1-21(6-7-21)13-12-27-17(11-24-20(27)8-18(13)28-2)15-4-3-5-19(25-15)26-16-10-23-9-14(16)22/h3-5,8,11-12,14,16,23H,6-7,9-10H2,1-2H3,(H,25,26)/t14-,16-/m0/s1. The minimum Gasteiger partial charge on any atom is -0.496 e. The molecule has 2 fully saturated rings. The number of hydrogen-bond donors (Lipinski definition) is 2. The number of nitrogens with zero attached hydrogens (tertiary/aromatic N) is 3. The van der Waals surface area contributed by atoms with Crippen molar-refractivity contribution in [3.05, 3.63) is 42.2 Å². The quantitative estimate of drug-likeness (QED) is 0.711. The lowest BCUT2D eigenvalue weighted by molar-refractivity contribution is 0.342. The monoisotopic (exact) mass is 381 g/mol. The van der Waals surface area contributed by atoms with Crippen LogP contribution >= 0.6 is 0 Å². The van der Waals surface area contributed by atoms with Crippen molar-refractivity contribution in [2.75, 3.05) is 25.5 Å². The van der Waals surface area contributed by atoms with Crippen molar-refractivity contribution in [1.82, 2.24) is 19.7 Å². The highest BCUT2D eigenvalue weighted by atomic mass is 19.1. The molecule has 2 aliphatic rings. The number of rotatable bonds is 5. The number of fused-ring (bicyclic) bond motifs is 1. The highest BCUT2D eigenvalue weighted by Gasteiger charge is 2.41. The molecule has 5 rings (SSSR count). The van der Waals surface area contributed by atoms with Gasteiger partial charge in [0.15, 0.2) is 0 Å². The molecular weight excluding hydrogens is 357 g/mol. The van der Waals surface area contributed by atoms with Crippen LogP contribution in [0.15, 0.2) is 36.7 Å². The van der Waals surface area contributed by atoms with E-state index in [0.29, 0.717) is 18.9 Å². The van der Waals surface area contributed by atoms with Crippen molar-refractivity contribution in [1.29, 1.82) is 0 Å². The Morgan fingerprint density at radius 1 is 1.32 bits per heavy atom. The SMILES string of the molecule is COc1cc2ncc(-c3cccc(N[C@H]4CNC[C@@H]4F)n3)n2cc1C1(C)CC1. The molecule has 1 saturated carbocycles. The van der Waals surface area contributed by atoms with Crippen LogP contribution in [0, 0.1) is 0 Å². The molecule has 4 heterocycles. The van der Waals surface area contributed by atoms with Crippen LogP contribution in [-0.4, -0.2) is 46.8 Å². The molecule has 1 saturated heterocycles. The highest BCUT2D eigenvalue weighted by molar-refractivity contribution is 5.64. The number of imidazole rings is 1. The van der Waals surface area contributed by atoms with Crippen LogP contribution < -0.4 is 15.4 Å². The number of nitrogens with one attached hydrogen (secondary N) is 2. The van der Waals surface area contributed by atoms with Crippen LogP contribution in [-0.2, 0) is 5.41 Å². The van der Waals surface area contributed by atoms with Gasteiger partial charge in [0.1, 0.15) is 23.4 Å². The molecule has 0 radical (unpaired) electrons. The minimum atomic E-state index is -0.907. The average Bonchev–Trinajstić information content (AvgIpc) is 3.12. The van der Waals surface area contributed by atoms with E-state index in [0.717, 1.165) is 35.6 Å². The third-order valence-electron chi connectivity index (χ3n) is 5.96. The molecule has 28 heavy (non-hydrogen) atoms. The van der Waals surface area contributed by atoms with E-state index in [4.69, 9.17) is 9.72 Å². The first-order valence-electron chi connectivity index (χ1n) is 9.72. The zero-order chi connectivity index (χ0) is 19.3. The van der Waals surface area contributed by atoms with Crippen LogP contribution in [0.5, 0.6) is 5.75 Å². The van der Waals surface area contributed by atoms with Crippen molar-refractivity contribution < 1.29 is 9.13 Å². The van der Waals surface area contributed by atoms with Crippen molar-refractivity contribution >= 4 is 11.5 Å². The number of ether oxygens (including phenoxy) is 1. The van der Waals surface area contributed by atoms with Crippen molar-refractivity contribution in [2.24, 2.45) is 0 Å². The Bertz CT molecular complexity index is 1030. The van der Waals surface area contributed by atoms with E-state index in [9.17, 15) is 4.39 Å². The van der Waals surface area contributed by atoms with Gasteiger partial charge in [-0.2, -0.15) is 0 Å². The van der Waals surface area contributed by atoms with E-state index in [2.05, 4.69) is 33.1 Å². The second-order valence-corrected chi connectivity index (χ2v) is 8.02. The first-order valence-corrected chi connectivity index (χ1v) is 9.72. The predicted molar refractivity (Wildman–Crippen MR) is 107 cm³/mol. The Morgan fingerprint density at radius 2 is 2.18 bits per heavy atom. The summed E-state index contributed by atoms with van der Waals surface area (Å²) in [5, 5.41) is 6.26. The minimum absolute atomic E-state index is 0.170. The molecule has 2 N–H and O–H groups in total. The summed E-state index contributed by atoms with van der Waals surface area (Å²) in [6.07, 6.45) is 5.38. The lowest BCUT2D eigenvalue weighted by atomic mass is 9.99. The molecule has 0 aromatic carbocycles. The Morgan fingerprint density at radius 3 is 2.89 bits per heavy atom. The highest BCUT2D eigenvalue weighted by Crippen LogP contribution is 2.51. The maximum atomic E-state index is 13.9. The van der Waals surface area contributed by atoms with Crippen molar-refractivity contribution in [3.8, 4) is 17.1 Å². The average molecular weight is 381 g/mol. The molecule has 3 aromatic rings. The number of alkyl halides is 1. The number of hydrogen-bond acceptors (Lipinski definition) is 5. The lowest BCUT2D eigenvalue weighted by Gasteiger charge is -2.16. The lowest BCUT2D eigenvalue weighted by Crippen LogP contribution is -2.29. The molecule has 2 atom stereocenters. The molecule has 1 aliphatic carbocycles. The van der Waals surface area contributed by atoms with Gasteiger partial charge in [0, 0.05) is 30.9 Å². The second kappa shape index (κ2) is 6.44. The van der Waals surface area contributed by atoms with Gasteiger partial charge in [0.25, 0.3) is 0 Å². The topological polar surface area (TPSA) is 63.5 Å². The molecule has 0 spiro atoms. The van der Waals surface area contributed by atoms with Gasteiger partial charge in [0.05, 0.1) is 30.7 Å². The first-order chi connectivity index (χ1) is 13.6. The summed E-state index contributed by atoms with van der Waals surface area (Å²) in [6.45, 7) is 3.25. The van der Waals surface area contributed by atoms with E-state index in [1.54, 1.807) is 7.11 Å². The molecule has 0 amide bonds. The van der Waals surface area contributed by atoms with Gasteiger partial charge in [-0.1, -0.05) is 13.0 Å². The third-order valence-corrected chi connectivity index (χ3v) is 5.96. The van der Waals surface area contributed by atoms with Gasteiger partial charge < -0.3 is 15.4 Å². The molecule has 7 heteroatoms. The van der Waals surface area contributed by atoms with Crippen LogP contribution in [0.1, 0.15) is 25.3 Å². The summed E-state index contributed by atoms with van der Waals surface area (Å²) >= 11 is 0. The van der Waals surface area contributed by atoms with Gasteiger partial charge >= 0.3 is 0 Å². The normalized spacial score (nSPS) is 23.1. The zero-order valence-electron chi connectivity index (χ0n) is 16.1. The fourth-order valence-corrected chi connectivity index (χ4v) is 3.91. The van der Waals surface area contributed by atoms with E-state index in [1.807, 2.05) is 30.5 Å². The zero-order valence-corrected chi connectivity index (χ0v) is 16.1. The third kappa shape index (κ3) is 2.90. The van der Waals surface area contributed by atoms with Crippen LogP contribution in [0.25, 0.3) is 17.0 Å². The van der Waals surface area contributed by atoms with E-state index >= 15 is 0 Å². The van der Waals surface area contributed by atoms with E-state index < -0.39 is 6.17 Å². The van der Waals surface area contributed by atoms with Crippen molar-refractivity contribution in [2.45, 2.75) is 37.4 Å².